The van der Waals surface area contributed by atoms with E-state index in [1.807, 2.05) is 29.2 Å². The van der Waals surface area contributed by atoms with E-state index in [4.69, 9.17) is 21.1 Å². The van der Waals surface area contributed by atoms with Crippen LogP contribution in [-0.4, -0.2) is 56.4 Å². The van der Waals surface area contributed by atoms with E-state index in [9.17, 15) is 4.79 Å². The summed E-state index contributed by atoms with van der Waals surface area (Å²) < 4.78 is 11.2. The molecule has 1 aromatic rings. The third kappa shape index (κ3) is 5.83. The van der Waals surface area contributed by atoms with Crippen LogP contribution >= 0.6 is 24.0 Å². The molecule has 2 fully saturated rings. The molecule has 3 rings (SSSR count). The number of piperazine rings is 1. The summed E-state index contributed by atoms with van der Waals surface area (Å²) >= 11 is 6.10. The highest BCUT2D eigenvalue weighted by Gasteiger charge is 2.27. The van der Waals surface area contributed by atoms with Gasteiger partial charge in [-0.3, -0.25) is 4.79 Å². The molecule has 2 aliphatic heterocycles. The van der Waals surface area contributed by atoms with Crippen molar-refractivity contribution in [2.75, 3.05) is 39.5 Å². The second-order valence-corrected chi connectivity index (χ2v) is 6.76. The van der Waals surface area contributed by atoms with Crippen molar-refractivity contribution in [1.82, 2.24) is 10.2 Å². The number of ether oxygens (including phenoxy) is 2. The summed E-state index contributed by atoms with van der Waals surface area (Å²) in [6, 6.07) is 7.78. The van der Waals surface area contributed by atoms with E-state index in [0.717, 1.165) is 38.1 Å². The molecule has 2 atom stereocenters. The van der Waals surface area contributed by atoms with Crippen LogP contribution in [-0.2, 0) is 14.3 Å². The molecule has 1 N–H and O–H groups in total. The number of hydrogen-bond donors (Lipinski definition) is 1. The maximum absolute atomic E-state index is 12.6. The van der Waals surface area contributed by atoms with Gasteiger partial charge in [-0.05, 0) is 30.5 Å². The minimum atomic E-state index is 0. The zero-order chi connectivity index (χ0) is 16.8. The number of halogens is 2. The lowest BCUT2D eigenvalue weighted by atomic mass is 10.0. The number of rotatable bonds is 6. The Morgan fingerprint density at radius 2 is 2.32 bits per heavy atom. The first-order valence-corrected chi connectivity index (χ1v) is 9.07. The fourth-order valence-electron chi connectivity index (χ4n) is 3.31. The van der Waals surface area contributed by atoms with Gasteiger partial charge >= 0.3 is 0 Å². The summed E-state index contributed by atoms with van der Waals surface area (Å²) in [5.41, 5.74) is 1.07. The smallest absolute Gasteiger partial charge is 0.225 e. The minimum absolute atomic E-state index is 0. The van der Waals surface area contributed by atoms with Crippen LogP contribution in [0.5, 0.6) is 0 Å². The highest BCUT2D eigenvalue weighted by atomic mass is 35.5. The summed E-state index contributed by atoms with van der Waals surface area (Å²) in [4.78, 5) is 14.6. The first-order valence-electron chi connectivity index (χ1n) is 8.69. The lowest BCUT2D eigenvalue weighted by Gasteiger charge is -2.36. The van der Waals surface area contributed by atoms with Crippen molar-refractivity contribution in [3.63, 3.8) is 0 Å². The zero-order valence-corrected chi connectivity index (χ0v) is 15.9. The fourth-order valence-corrected chi connectivity index (χ4v) is 3.51. The molecule has 2 saturated heterocycles. The molecule has 0 radical (unpaired) electrons. The Hall–Kier alpha value is -0.850. The van der Waals surface area contributed by atoms with Gasteiger partial charge in [-0.2, -0.15) is 0 Å². The van der Waals surface area contributed by atoms with Crippen molar-refractivity contribution in [3.05, 3.63) is 34.9 Å². The molecule has 2 heterocycles. The van der Waals surface area contributed by atoms with E-state index in [-0.39, 0.29) is 30.5 Å². The van der Waals surface area contributed by atoms with Gasteiger partial charge in [0, 0.05) is 31.3 Å². The number of carbonyl (C=O) groups excluding carboxylic acids is 1. The summed E-state index contributed by atoms with van der Waals surface area (Å²) in [6.07, 6.45) is 2.78. The van der Waals surface area contributed by atoms with Crippen molar-refractivity contribution < 1.29 is 14.3 Å². The molecule has 0 aromatic heterocycles. The molecule has 0 bridgehead atoms. The van der Waals surface area contributed by atoms with Crippen LogP contribution in [0.2, 0.25) is 5.02 Å². The quantitative estimate of drug-likeness (QED) is 0.761. The van der Waals surface area contributed by atoms with E-state index in [1.54, 1.807) is 0 Å². The Labute approximate surface area is 160 Å². The summed E-state index contributed by atoms with van der Waals surface area (Å²) in [7, 11) is 0. The molecular formula is C18H26Cl2N2O3. The third-order valence-electron chi connectivity index (χ3n) is 4.59. The zero-order valence-electron chi connectivity index (χ0n) is 14.3. The van der Waals surface area contributed by atoms with Crippen molar-refractivity contribution in [2.24, 2.45) is 0 Å². The highest BCUT2D eigenvalue weighted by molar-refractivity contribution is 6.30. The monoisotopic (exact) mass is 388 g/mol. The van der Waals surface area contributed by atoms with Gasteiger partial charge < -0.3 is 19.7 Å². The number of amides is 1. The molecule has 2 unspecified atom stereocenters. The number of hydrogen-bond acceptors (Lipinski definition) is 4. The van der Waals surface area contributed by atoms with E-state index in [2.05, 4.69) is 5.32 Å². The third-order valence-corrected chi connectivity index (χ3v) is 4.82. The first kappa shape index (κ1) is 20.5. The molecular weight excluding hydrogens is 363 g/mol. The Kier molecular flexibility index (Phi) is 8.46. The van der Waals surface area contributed by atoms with Crippen molar-refractivity contribution in [1.29, 1.82) is 0 Å². The molecule has 0 saturated carbocycles. The molecule has 140 valence electrons. The van der Waals surface area contributed by atoms with Gasteiger partial charge in [0.2, 0.25) is 5.91 Å². The molecule has 1 aromatic carbocycles. The standard InChI is InChI=1S/C18H25ClN2O3.ClH/c19-15-4-1-3-14(11-15)17-12-20-7-8-21(17)18(22)6-10-23-13-16-5-2-9-24-16;/h1,3-4,11,16-17,20H,2,5-10,12-13H2;1H. The van der Waals surface area contributed by atoms with Gasteiger partial charge in [0.15, 0.2) is 0 Å². The van der Waals surface area contributed by atoms with Gasteiger partial charge in [0.25, 0.3) is 0 Å². The van der Waals surface area contributed by atoms with Crippen molar-refractivity contribution in [3.8, 4) is 0 Å². The largest absolute Gasteiger partial charge is 0.378 e. The first-order chi connectivity index (χ1) is 11.7. The van der Waals surface area contributed by atoms with Crippen LogP contribution in [0.1, 0.15) is 30.9 Å². The van der Waals surface area contributed by atoms with E-state index >= 15 is 0 Å². The van der Waals surface area contributed by atoms with Gasteiger partial charge in [-0.15, -0.1) is 12.4 Å². The van der Waals surface area contributed by atoms with Crippen LogP contribution in [0, 0.1) is 0 Å². The number of nitrogens with one attached hydrogen (secondary N) is 1. The maximum Gasteiger partial charge on any atom is 0.225 e. The highest BCUT2D eigenvalue weighted by Crippen LogP contribution is 2.25. The van der Waals surface area contributed by atoms with Crippen LogP contribution in [0.3, 0.4) is 0 Å². The Morgan fingerprint density at radius 1 is 1.44 bits per heavy atom. The molecule has 7 heteroatoms. The van der Waals surface area contributed by atoms with Crippen molar-refractivity contribution >= 4 is 29.9 Å². The average molecular weight is 389 g/mol. The Balaban J connectivity index is 0.00000225. The molecule has 1 amide bonds. The van der Waals surface area contributed by atoms with Crippen molar-refractivity contribution in [2.45, 2.75) is 31.4 Å². The predicted molar refractivity (Wildman–Crippen MR) is 100 cm³/mol. The second kappa shape index (κ2) is 10.3. The Morgan fingerprint density at radius 3 is 3.08 bits per heavy atom. The Bertz CT molecular complexity index is 553. The molecule has 2 aliphatic rings. The van der Waals surface area contributed by atoms with Crippen LogP contribution in [0.15, 0.2) is 24.3 Å². The molecule has 0 spiro atoms. The fraction of sp³-hybridized carbons (Fsp3) is 0.611. The van der Waals surface area contributed by atoms with Crippen LogP contribution in [0.4, 0.5) is 0 Å². The topological polar surface area (TPSA) is 50.8 Å². The predicted octanol–water partition coefficient (Wildman–Crippen LogP) is 2.82. The average Bonchev–Trinajstić information content (AvgIpc) is 3.12. The van der Waals surface area contributed by atoms with Gasteiger partial charge in [-0.1, -0.05) is 23.7 Å². The molecule has 25 heavy (non-hydrogen) atoms. The van der Waals surface area contributed by atoms with Gasteiger partial charge in [-0.25, -0.2) is 0 Å². The summed E-state index contributed by atoms with van der Waals surface area (Å²) in [5, 5.41) is 4.06. The van der Waals surface area contributed by atoms with E-state index < -0.39 is 0 Å². The summed E-state index contributed by atoms with van der Waals surface area (Å²) in [5.74, 6) is 0.133. The van der Waals surface area contributed by atoms with E-state index in [0.29, 0.717) is 31.2 Å². The van der Waals surface area contributed by atoms with Gasteiger partial charge in [0.1, 0.15) is 0 Å². The lowest BCUT2D eigenvalue weighted by molar-refractivity contribution is -0.136. The van der Waals surface area contributed by atoms with E-state index in [1.165, 1.54) is 0 Å². The number of benzene rings is 1. The SMILES string of the molecule is Cl.O=C(CCOCC1CCCO1)N1CCNCC1c1cccc(Cl)c1. The lowest BCUT2D eigenvalue weighted by Crippen LogP contribution is -2.48. The minimum Gasteiger partial charge on any atom is -0.378 e. The number of nitrogens with zero attached hydrogens (tertiary/aromatic N) is 1. The maximum atomic E-state index is 12.6. The normalized spacial score (nSPS) is 23.3. The molecule has 0 aliphatic carbocycles. The summed E-state index contributed by atoms with van der Waals surface area (Å²) in [6.45, 7) is 4.15. The van der Waals surface area contributed by atoms with Crippen LogP contribution < -0.4 is 5.32 Å². The van der Waals surface area contributed by atoms with Crippen LogP contribution in [0.25, 0.3) is 0 Å². The van der Waals surface area contributed by atoms with Gasteiger partial charge in [0.05, 0.1) is 31.8 Å². The molecule has 5 nitrogen and oxygen atoms in total. The second-order valence-electron chi connectivity index (χ2n) is 6.32. The number of carbonyl (C=O) groups is 1.